The molecular weight excluding hydrogens is 218 g/mol. The van der Waals surface area contributed by atoms with E-state index in [-0.39, 0.29) is 5.54 Å². The molecule has 0 bridgehead atoms. The Bertz CT molecular complexity index is 356. The van der Waals surface area contributed by atoms with E-state index in [1.807, 2.05) is 23.9 Å². The van der Waals surface area contributed by atoms with Crippen LogP contribution >= 0.6 is 11.8 Å². The van der Waals surface area contributed by atoms with Crippen molar-refractivity contribution in [3.8, 4) is 5.75 Å². The van der Waals surface area contributed by atoms with Crippen LogP contribution in [0.25, 0.3) is 0 Å². The third-order valence-corrected chi connectivity index (χ3v) is 3.88. The average Bonchev–Trinajstić information content (AvgIpc) is 2.29. The molecule has 0 fully saturated rings. The van der Waals surface area contributed by atoms with Crippen LogP contribution in [0.5, 0.6) is 5.75 Å². The van der Waals surface area contributed by atoms with Gasteiger partial charge in [-0.1, -0.05) is 25.1 Å². The van der Waals surface area contributed by atoms with Crippen molar-refractivity contribution >= 4 is 11.8 Å². The quantitative estimate of drug-likeness (QED) is 0.817. The van der Waals surface area contributed by atoms with E-state index in [1.54, 1.807) is 0 Å². The fourth-order valence-electron chi connectivity index (χ4n) is 2.02. The largest absolute Gasteiger partial charge is 0.491 e. The van der Waals surface area contributed by atoms with Gasteiger partial charge in [0.2, 0.25) is 0 Å². The molecule has 0 saturated heterocycles. The van der Waals surface area contributed by atoms with Crippen LogP contribution in [0.3, 0.4) is 0 Å². The van der Waals surface area contributed by atoms with Crippen molar-refractivity contribution < 1.29 is 4.74 Å². The Hall–Kier alpha value is -0.670. The Morgan fingerprint density at radius 1 is 1.44 bits per heavy atom. The van der Waals surface area contributed by atoms with Gasteiger partial charge < -0.3 is 10.5 Å². The molecule has 0 spiro atoms. The van der Waals surface area contributed by atoms with Gasteiger partial charge in [0.05, 0.1) is 5.54 Å². The van der Waals surface area contributed by atoms with Gasteiger partial charge in [0.1, 0.15) is 12.4 Å². The first kappa shape index (κ1) is 11.8. The van der Waals surface area contributed by atoms with E-state index in [0.717, 1.165) is 30.1 Å². The van der Waals surface area contributed by atoms with Crippen LogP contribution < -0.4 is 10.5 Å². The summed E-state index contributed by atoms with van der Waals surface area (Å²) in [5, 5.41) is 0. The van der Waals surface area contributed by atoms with Gasteiger partial charge in [0.25, 0.3) is 0 Å². The highest BCUT2D eigenvalue weighted by Gasteiger charge is 2.31. The standard InChI is InChI=1S/C13H19NOS/c1-2-16-8-7-13(14)9-11-5-3-4-6-12(11)15-10-13/h3-6H,2,7-10,14H2,1H3. The van der Waals surface area contributed by atoms with Crippen LogP contribution in [0.2, 0.25) is 0 Å². The molecule has 1 aliphatic heterocycles. The van der Waals surface area contributed by atoms with Gasteiger partial charge in [-0.05, 0) is 36.0 Å². The maximum atomic E-state index is 6.38. The molecular formula is C13H19NOS. The van der Waals surface area contributed by atoms with Crippen molar-refractivity contribution in [2.24, 2.45) is 5.73 Å². The highest BCUT2D eigenvalue weighted by atomic mass is 32.2. The number of rotatable bonds is 4. The minimum atomic E-state index is -0.170. The molecule has 2 N–H and O–H groups in total. The predicted octanol–water partition coefficient (Wildman–Crippen LogP) is 2.46. The second-order valence-corrected chi connectivity index (χ2v) is 5.78. The van der Waals surface area contributed by atoms with Crippen molar-refractivity contribution in [3.63, 3.8) is 0 Å². The van der Waals surface area contributed by atoms with E-state index >= 15 is 0 Å². The number of hydrogen-bond donors (Lipinski definition) is 1. The molecule has 0 amide bonds. The van der Waals surface area contributed by atoms with E-state index in [2.05, 4.69) is 19.1 Å². The lowest BCUT2D eigenvalue weighted by molar-refractivity contribution is 0.187. The maximum absolute atomic E-state index is 6.38. The van der Waals surface area contributed by atoms with E-state index in [0.29, 0.717) is 6.61 Å². The zero-order valence-electron chi connectivity index (χ0n) is 9.74. The van der Waals surface area contributed by atoms with Crippen molar-refractivity contribution in [1.29, 1.82) is 0 Å². The number of thioether (sulfide) groups is 1. The first-order valence-electron chi connectivity index (χ1n) is 5.81. The fourth-order valence-corrected chi connectivity index (χ4v) is 2.86. The highest BCUT2D eigenvalue weighted by molar-refractivity contribution is 7.99. The Kier molecular flexibility index (Phi) is 3.77. The molecule has 16 heavy (non-hydrogen) atoms. The predicted molar refractivity (Wildman–Crippen MR) is 70.2 cm³/mol. The summed E-state index contributed by atoms with van der Waals surface area (Å²) in [6.45, 7) is 2.83. The minimum Gasteiger partial charge on any atom is -0.491 e. The summed E-state index contributed by atoms with van der Waals surface area (Å²) in [4.78, 5) is 0. The summed E-state index contributed by atoms with van der Waals surface area (Å²) in [7, 11) is 0. The number of para-hydroxylation sites is 1. The smallest absolute Gasteiger partial charge is 0.122 e. The van der Waals surface area contributed by atoms with Crippen LogP contribution in [0.15, 0.2) is 24.3 Å². The molecule has 1 atom stereocenters. The molecule has 0 aliphatic carbocycles. The van der Waals surface area contributed by atoms with Gasteiger partial charge in [-0.25, -0.2) is 0 Å². The second-order valence-electron chi connectivity index (χ2n) is 4.38. The maximum Gasteiger partial charge on any atom is 0.122 e. The Morgan fingerprint density at radius 2 is 2.25 bits per heavy atom. The van der Waals surface area contributed by atoms with E-state index < -0.39 is 0 Å². The van der Waals surface area contributed by atoms with Gasteiger partial charge in [-0.3, -0.25) is 0 Å². The summed E-state index contributed by atoms with van der Waals surface area (Å²) < 4.78 is 5.74. The molecule has 1 aromatic rings. The van der Waals surface area contributed by atoms with E-state index in [4.69, 9.17) is 10.5 Å². The number of nitrogens with two attached hydrogens (primary N) is 1. The molecule has 1 aromatic carbocycles. The minimum absolute atomic E-state index is 0.170. The molecule has 0 saturated carbocycles. The fraction of sp³-hybridized carbons (Fsp3) is 0.538. The van der Waals surface area contributed by atoms with Crippen LogP contribution in [0, 0.1) is 0 Å². The third-order valence-electron chi connectivity index (χ3n) is 2.98. The number of benzene rings is 1. The number of ether oxygens (including phenoxy) is 1. The molecule has 0 aromatic heterocycles. The van der Waals surface area contributed by atoms with E-state index in [9.17, 15) is 0 Å². The summed E-state index contributed by atoms with van der Waals surface area (Å²) in [5.41, 5.74) is 7.45. The SMILES string of the molecule is CCSCCC1(N)COc2ccccc2C1. The molecule has 2 nitrogen and oxygen atoms in total. The summed E-state index contributed by atoms with van der Waals surface area (Å²) in [5.74, 6) is 3.29. The molecule has 2 rings (SSSR count). The number of fused-ring (bicyclic) bond motifs is 1. The van der Waals surface area contributed by atoms with Crippen LogP contribution in [0.4, 0.5) is 0 Å². The van der Waals surface area contributed by atoms with Crippen molar-refractivity contribution in [2.45, 2.75) is 25.3 Å². The van der Waals surface area contributed by atoms with Crippen LogP contribution in [-0.4, -0.2) is 23.7 Å². The Morgan fingerprint density at radius 3 is 3.06 bits per heavy atom. The van der Waals surface area contributed by atoms with Crippen LogP contribution in [0.1, 0.15) is 18.9 Å². The van der Waals surface area contributed by atoms with Gasteiger partial charge >= 0.3 is 0 Å². The first-order valence-corrected chi connectivity index (χ1v) is 6.96. The Balaban J connectivity index is 2.00. The average molecular weight is 237 g/mol. The van der Waals surface area contributed by atoms with Gasteiger partial charge in [-0.15, -0.1) is 0 Å². The lowest BCUT2D eigenvalue weighted by Crippen LogP contribution is -2.50. The summed E-state index contributed by atoms with van der Waals surface area (Å²) in [6, 6.07) is 8.20. The molecule has 0 radical (unpaired) electrons. The molecule has 88 valence electrons. The number of hydrogen-bond acceptors (Lipinski definition) is 3. The van der Waals surface area contributed by atoms with Crippen molar-refractivity contribution in [2.75, 3.05) is 18.1 Å². The molecule has 3 heteroatoms. The van der Waals surface area contributed by atoms with Gasteiger partial charge in [0, 0.05) is 0 Å². The van der Waals surface area contributed by atoms with Gasteiger partial charge in [-0.2, -0.15) is 11.8 Å². The zero-order valence-corrected chi connectivity index (χ0v) is 10.6. The monoisotopic (exact) mass is 237 g/mol. The molecule has 1 unspecified atom stereocenters. The highest BCUT2D eigenvalue weighted by Crippen LogP contribution is 2.30. The summed E-state index contributed by atoms with van der Waals surface area (Å²) >= 11 is 1.95. The molecule has 1 heterocycles. The third kappa shape index (κ3) is 2.71. The molecule has 1 aliphatic rings. The topological polar surface area (TPSA) is 35.2 Å². The van der Waals surface area contributed by atoms with E-state index in [1.165, 1.54) is 5.56 Å². The lowest BCUT2D eigenvalue weighted by Gasteiger charge is -2.34. The first-order chi connectivity index (χ1) is 7.73. The lowest BCUT2D eigenvalue weighted by atomic mass is 9.88. The van der Waals surface area contributed by atoms with Crippen LogP contribution in [-0.2, 0) is 6.42 Å². The van der Waals surface area contributed by atoms with Gasteiger partial charge in [0.15, 0.2) is 0 Å². The zero-order chi connectivity index (χ0) is 11.4. The Labute approximate surface area is 102 Å². The van der Waals surface area contributed by atoms with Crippen molar-refractivity contribution in [3.05, 3.63) is 29.8 Å². The van der Waals surface area contributed by atoms with Crippen molar-refractivity contribution in [1.82, 2.24) is 0 Å². The normalized spacial score (nSPS) is 23.6. The second kappa shape index (κ2) is 5.11. The summed E-state index contributed by atoms with van der Waals surface area (Å²) in [6.07, 6.45) is 1.97.